The molecule has 0 atom stereocenters. The molecule has 68 valence electrons. The van der Waals surface area contributed by atoms with Crippen LogP contribution in [0.1, 0.15) is 5.56 Å². The second-order valence-corrected chi connectivity index (χ2v) is 3.24. The summed E-state index contributed by atoms with van der Waals surface area (Å²) in [6.07, 6.45) is 3.81. The smallest absolute Gasteiger partial charge is 0.123 e. The molecule has 13 heavy (non-hydrogen) atoms. The normalized spacial score (nSPS) is 10.6. The first-order valence-electron chi connectivity index (χ1n) is 3.90. The van der Waals surface area contributed by atoms with E-state index < -0.39 is 0 Å². The van der Waals surface area contributed by atoms with Crippen molar-refractivity contribution >= 4 is 22.0 Å². The molecular weight excluding hydrogens is 231 g/mol. The zero-order valence-corrected chi connectivity index (χ0v) is 8.72. The Labute approximate surface area is 85.9 Å². The van der Waals surface area contributed by atoms with Crippen molar-refractivity contribution in [3.63, 3.8) is 0 Å². The van der Waals surface area contributed by atoms with E-state index >= 15 is 0 Å². The SMILES string of the molecule is C=C(/C=C/c1ccc(F)cc1)CBr. The van der Waals surface area contributed by atoms with E-state index in [4.69, 9.17) is 0 Å². The monoisotopic (exact) mass is 240 g/mol. The zero-order chi connectivity index (χ0) is 9.68. The van der Waals surface area contributed by atoms with Crippen LogP contribution in [0.15, 0.2) is 42.5 Å². The molecule has 0 aromatic heterocycles. The summed E-state index contributed by atoms with van der Waals surface area (Å²) in [5.41, 5.74) is 1.97. The van der Waals surface area contributed by atoms with Gasteiger partial charge in [-0.15, -0.1) is 0 Å². The highest BCUT2D eigenvalue weighted by molar-refractivity contribution is 9.09. The van der Waals surface area contributed by atoms with Crippen molar-refractivity contribution < 1.29 is 4.39 Å². The third-order valence-corrected chi connectivity index (χ3v) is 2.27. The molecular formula is C11H10BrF. The Morgan fingerprint density at radius 1 is 1.38 bits per heavy atom. The Morgan fingerprint density at radius 2 is 2.00 bits per heavy atom. The molecule has 0 heterocycles. The van der Waals surface area contributed by atoms with Gasteiger partial charge in [0.2, 0.25) is 0 Å². The Balaban J connectivity index is 2.69. The minimum atomic E-state index is -0.212. The number of halogens is 2. The first-order chi connectivity index (χ1) is 6.22. The van der Waals surface area contributed by atoms with Crippen LogP contribution in [0.2, 0.25) is 0 Å². The predicted octanol–water partition coefficient (Wildman–Crippen LogP) is 3.79. The second kappa shape index (κ2) is 4.97. The van der Waals surface area contributed by atoms with Crippen LogP contribution < -0.4 is 0 Å². The van der Waals surface area contributed by atoms with Gasteiger partial charge >= 0.3 is 0 Å². The number of hydrogen-bond acceptors (Lipinski definition) is 0. The van der Waals surface area contributed by atoms with Gasteiger partial charge in [-0.1, -0.05) is 46.8 Å². The molecule has 0 aliphatic heterocycles. The Morgan fingerprint density at radius 3 is 2.54 bits per heavy atom. The quantitative estimate of drug-likeness (QED) is 0.557. The first-order valence-corrected chi connectivity index (χ1v) is 5.02. The molecule has 0 N–H and O–H groups in total. The minimum absolute atomic E-state index is 0.212. The molecule has 1 rings (SSSR count). The Hall–Kier alpha value is -0.890. The molecule has 2 heteroatoms. The predicted molar refractivity (Wildman–Crippen MR) is 58.4 cm³/mol. The van der Waals surface area contributed by atoms with Gasteiger partial charge in [0.1, 0.15) is 5.82 Å². The molecule has 0 radical (unpaired) electrons. The maximum absolute atomic E-state index is 12.5. The fourth-order valence-electron chi connectivity index (χ4n) is 0.833. The standard InChI is InChI=1S/C11H10BrF/c1-9(8-12)2-3-10-4-6-11(13)7-5-10/h2-7H,1,8H2/b3-2+. The van der Waals surface area contributed by atoms with Crippen molar-refractivity contribution in [3.05, 3.63) is 53.9 Å². The highest BCUT2D eigenvalue weighted by Crippen LogP contribution is 2.07. The summed E-state index contributed by atoms with van der Waals surface area (Å²) in [5, 5.41) is 0.755. The molecule has 0 fully saturated rings. The summed E-state index contributed by atoms with van der Waals surface area (Å²) in [4.78, 5) is 0. The van der Waals surface area contributed by atoms with Gasteiger partial charge in [0, 0.05) is 5.33 Å². The van der Waals surface area contributed by atoms with E-state index in [0.717, 1.165) is 16.5 Å². The number of benzene rings is 1. The fourth-order valence-corrected chi connectivity index (χ4v) is 1.02. The number of alkyl halides is 1. The lowest BCUT2D eigenvalue weighted by molar-refractivity contribution is 0.628. The third kappa shape index (κ3) is 3.55. The lowest BCUT2D eigenvalue weighted by Gasteiger charge is -1.93. The molecule has 0 nitrogen and oxygen atoms in total. The van der Waals surface area contributed by atoms with Crippen LogP contribution in [0.3, 0.4) is 0 Å². The summed E-state index contributed by atoms with van der Waals surface area (Å²) in [5.74, 6) is -0.212. The van der Waals surface area contributed by atoms with Crippen LogP contribution in [0.25, 0.3) is 6.08 Å². The highest BCUT2D eigenvalue weighted by atomic mass is 79.9. The van der Waals surface area contributed by atoms with Crippen LogP contribution in [0, 0.1) is 5.82 Å². The average Bonchev–Trinajstić information content (AvgIpc) is 2.16. The van der Waals surface area contributed by atoms with Crippen LogP contribution in [-0.2, 0) is 0 Å². The van der Waals surface area contributed by atoms with E-state index in [1.165, 1.54) is 12.1 Å². The average molecular weight is 241 g/mol. The highest BCUT2D eigenvalue weighted by Gasteiger charge is 1.89. The number of rotatable bonds is 3. The van der Waals surface area contributed by atoms with Crippen molar-refractivity contribution in [2.75, 3.05) is 5.33 Å². The van der Waals surface area contributed by atoms with Gasteiger partial charge in [-0.3, -0.25) is 0 Å². The Kier molecular flexibility index (Phi) is 3.90. The van der Waals surface area contributed by atoms with Crippen LogP contribution >= 0.6 is 15.9 Å². The lowest BCUT2D eigenvalue weighted by atomic mass is 10.2. The molecule has 0 saturated carbocycles. The molecule has 0 unspecified atom stereocenters. The van der Waals surface area contributed by atoms with Crippen LogP contribution in [-0.4, -0.2) is 5.33 Å². The number of hydrogen-bond donors (Lipinski definition) is 0. The van der Waals surface area contributed by atoms with Gasteiger partial charge in [0.05, 0.1) is 0 Å². The van der Waals surface area contributed by atoms with Gasteiger partial charge in [-0.25, -0.2) is 4.39 Å². The van der Waals surface area contributed by atoms with E-state index in [2.05, 4.69) is 22.5 Å². The number of allylic oxidation sites excluding steroid dienone is 2. The van der Waals surface area contributed by atoms with E-state index in [-0.39, 0.29) is 5.82 Å². The van der Waals surface area contributed by atoms with Crippen molar-refractivity contribution in [2.45, 2.75) is 0 Å². The molecule has 0 aliphatic carbocycles. The van der Waals surface area contributed by atoms with Gasteiger partial charge in [-0.2, -0.15) is 0 Å². The largest absolute Gasteiger partial charge is 0.207 e. The van der Waals surface area contributed by atoms with Gasteiger partial charge in [-0.05, 0) is 23.3 Å². The fraction of sp³-hybridized carbons (Fsp3) is 0.0909. The van der Waals surface area contributed by atoms with Gasteiger partial charge in [0.25, 0.3) is 0 Å². The van der Waals surface area contributed by atoms with E-state index in [9.17, 15) is 4.39 Å². The summed E-state index contributed by atoms with van der Waals surface area (Å²) < 4.78 is 12.5. The molecule has 1 aromatic rings. The van der Waals surface area contributed by atoms with Crippen LogP contribution in [0.4, 0.5) is 4.39 Å². The van der Waals surface area contributed by atoms with E-state index in [0.29, 0.717) is 0 Å². The molecule has 0 aliphatic rings. The zero-order valence-electron chi connectivity index (χ0n) is 7.13. The van der Waals surface area contributed by atoms with Crippen LogP contribution in [0.5, 0.6) is 0 Å². The van der Waals surface area contributed by atoms with Crippen molar-refractivity contribution in [1.29, 1.82) is 0 Å². The molecule has 0 saturated heterocycles. The molecule has 0 bridgehead atoms. The van der Waals surface area contributed by atoms with Gasteiger partial charge in [0.15, 0.2) is 0 Å². The molecule has 0 spiro atoms. The maximum Gasteiger partial charge on any atom is 0.123 e. The Bertz CT molecular complexity index is 311. The third-order valence-electron chi connectivity index (χ3n) is 1.55. The van der Waals surface area contributed by atoms with Crippen molar-refractivity contribution in [2.24, 2.45) is 0 Å². The van der Waals surface area contributed by atoms with E-state index in [1.807, 2.05) is 12.2 Å². The maximum atomic E-state index is 12.5. The van der Waals surface area contributed by atoms with Crippen molar-refractivity contribution in [1.82, 2.24) is 0 Å². The first kappa shape index (κ1) is 10.2. The minimum Gasteiger partial charge on any atom is -0.207 e. The van der Waals surface area contributed by atoms with Crippen molar-refractivity contribution in [3.8, 4) is 0 Å². The summed E-state index contributed by atoms with van der Waals surface area (Å²) >= 11 is 3.29. The topological polar surface area (TPSA) is 0 Å². The van der Waals surface area contributed by atoms with Gasteiger partial charge < -0.3 is 0 Å². The summed E-state index contributed by atoms with van der Waals surface area (Å²) in [7, 11) is 0. The summed E-state index contributed by atoms with van der Waals surface area (Å²) in [6.45, 7) is 3.80. The second-order valence-electron chi connectivity index (χ2n) is 2.68. The molecule has 1 aromatic carbocycles. The lowest BCUT2D eigenvalue weighted by Crippen LogP contribution is -1.76. The van der Waals surface area contributed by atoms with E-state index in [1.54, 1.807) is 12.1 Å². The summed E-state index contributed by atoms with van der Waals surface area (Å²) in [6, 6.07) is 6.34. The molecule has 0 amide bonds.